The molecule has 2 amide bonds. The Bertz CT molecular complexity index is 1130. The number of halogens is 1. The zero-order chi connectivity index (χ0) is 22.9. The fourth-order valence-electron chi connectivity index (χ4n) is 2.70. The van der Waals surface area contributed by atoms with E-state index in [1.54, 1.807) is 36.4 Å². The Balaban J connectivity index is 1.56. The summed E-state index contributed by atoms with van der Waals surface area (Å²) in [5.74, 6) is -0.672. The molecule has 0 unspecified atom stereocenters. The van der Waals surface area contributed by atoms with Crippen molar-refractivity contribution in [1.29, 1.82) is 0 Å². The molecular formula is C24H22ClN3O4. The molecule has 8 heteroatoms. The number of rotatable bonds is 7. The number of nitrogens with zero attached hydrogens (tertiary/aromatic N) is 1. The Morgan fingerprint density at radius 3 is 2.50 bits per heavy atom. The summed E-state index contributed by atoms with van der Waals surface area (Å²) in [7, 11) is 1.54. The molecule has 0 aliphatic carbocycles. The lowest BCUT2D eigenvalue weighted by atomic mass is 10.2. The molecule has 7 nitrogen and oxygen atoms in total. The molecule has 0 radical (unpaired) electrons. The normalized spacial score (nSPS) is 10.6. The summed E-state index contributed by atoms with van der Waals surface area (Å²) in [6.07, 6.45) is 1.40. The third-order valence-electron chi connectivity index (χ3n) is 4.37. The van der Waals surface area contributed by atoms with Crippen LogP contribution in [0.4, 0.5) is 5.69 Å². The predicted molar refractivity (Wildman–Crippen MR) is 124 cm³/mol. The Morgan fingerprint density at radius 2 is 1.78 bits per heavy atom. The number of benzene rings is 3. The van der Waals surface area contributed by atoms with Crippen LogP contribution in [0.1, 0.15) is 16.7 Å². The molecule has 0 saturated carbocycles. The first-order valence-corrected chi connectivity index (χ1v) is 10.1. The van der Waals surface area contributed by atoms with Gasteiger partial charge in [0.1, 0.15) is 6.61 Å². The Morgan fingerprint density at radius 1 is 1.00 bits per heavy atom. The first-order chi connectivity index (χ1) is 15.4. The van der Waals surface area contributed by atoms with Crippen molar-refractivity contribution in [2.45, 2.75) is 13.5 Å². The predicted octanol–water partition coefficient (Wildman–Crippen LogP) is 4.32. The number of carbonyl (C=O) groups excluding carboxylic acids is 2. The van der Waals surface area contributed by atoms with E-state index < -0.39 is 11.8 Å². The van der Waals surface area contributed by atoms with Crippen molar-refractivity contribution in [3.05, 3.63) is 88.4 Å². The van der Waals surface area contributed by atoms with Crippen LogP contribution in [0.3, 0.4) is 0 Å². The van der Waals surface area contributed by atoms with Gasteiger partial charge < -0.3 is 14.8 Å². The van der Waals surface area contributed by atoms with Gasteiger partial charge in [0.25, 0.3) is 0 Å². The van der Waals surface area contributed by atoms with Gasteiger partial charge >= 0.3 is 11.8 Å². The van der Waals surface area contributed by atoms with Gasteiger partial charge in [-0.05, 0) is 54.4 Å². The molecule has 3 aromatic carbocycles. The number of ether oxygens (including phenoxy) is 2. The number of hydrazone groups is 1. The Kier molecular flexibility index (Phi) is 7.83. The lowest BCUT2D eigenvalue weighted by molar-refractivity contribution is -0.136. The van der Waals surface area contributed by atoms with Crippen LogP contribution in [0.15, 0.2) is 71.8 Å². The molecule has 3 aromatic rings. The fourth-order valence-corrected chi connectivity index (χ4v) is 2.89. The molecule has 0 fully saturated rings. The minimum atomic E-state index is -0.911. The molecule has 2 N–H and O–H groups in total. The van der Waals surface area contributed by atoms with Crippen LogP contribution in [-0.4, -0.2) is 25.1 Å². The van der Waals surface area contributed by atoms with Gasteiger partial charge in [-0.1, -0.05) is 47.5 Å². The number of anilines is 1. The number of hydrogen-bond acceptors (Lipinski definition) is 5. The highest BCUT2D eigenvalue weighted by atomic mass is 35.5. The maximum atomic E-state index is 11.9. The monoisotopic (exact) mass is 451 g/mol. The van der Waals surface area contributed by atoms with E-state index in [0.29, 0.717) is 34.4 Å². The van der Waals surface area contributed by atoms with E-state index in [9.17, 15) is 9.59 Å². The van der Waals surface area contributed by atoms with E-state index >= 15 is 0 Å². The molecule has 0 spiro atoms. The molecule has 0 aliphatic rings. The highest BCUT2D eigenvalue weighted by Gasteiger charge is 2.13. The number of nitrogens with one attached hydrogen (secondary N) is 2. The number of aryl methyl sites for hydroxylation is 1. The number of methoxy groups -OCH3 is 1. The molecule has 32 heavy (non-hydrogen) atoms. The second-order valence-electron chi connectivity index (χ2n) is 6.85. The third kappa shape index (κ3) is 6.58. The summed E-state index contributed by atoms with van der Waals surface area (Å²) in [5.41, 5.74) is 5.47. The minimum Gasteiger partial charge on any atom is -0.493 e. The number of hydrogen-bond donors (Lipinski definition) is 2. The van der Waals surface area contributed by atoms with Crippen molar-refractivity contribution >= 4 is 35.3 Å². The molecule has 0 aliphatic heterocycles. The lowest BCUT2D eigenvalue weighted by Gasteiger charge is -2.11. The summed E-state index contributed by atoms with van der Waals surface area (Å²) in [4.78, 5) is 23.9. The van der Waals surface area contributed by atoms with E-state index in [2.05, 4.69) is 15.8 Å². The van der Waals surface area contributed by atoms with E-state index in [-0.39, 0.29) is 0 Å². The van der Waals surface area contributed by atoms with E-state index in [1.165, 1.54) is 25.0 Å². The zero-order valence-corrected chi connectivity index (χ0v) is 18.3. The Labute approximate surface area is 191 Å². The lowest BCUT2D eigenvalue weighted by Crippen LogP contribution is -2.32. The molecule has 0 saturated heterocycles. The van der Waals surface area contributed by atoms with Crippen molar-refractivity contribution in [1.82, 2.24) is 5.43 Å². The quantitative estimate of drug-likeness (QED) is 0.318. The van der Waals surface area contributed by atoms with Gasteiger partial charge in [0.2, 0.25) is 0 Å². The SMILES string of the molecule is COc1cc(C=NNC(=O)C(=O)Nc2cccc(Cl)c2)ccc1OCc1ccc(C)cc1. The largest absolute Gasteiger partial charge is 0.493 e. The fraction of sp³-hybridized carbons (Fsp3) is 0.125. The van der Waals surface area contributed by atoms with Gasteiger partial charge in [-0.2, -0.15) is 5.10 Å². The van der Waals surface area contributed by atoms with E-state index in [4.69, 9.17) is 21.1 Å². The molecule has 0 aromatic heterocycles. The van der Waals surface area contributed by atoms with Gasteiger partial charge in [0.05, 0.1) is 13.3 Å². The maximum absolute atomic E-state index is 11.9. The highest BCUT2D eigenvalue weighted by Crippen LogP contribution is 2.28. The molecule has 164 valence electrons. The van der Waals surface area contributed by atoms with Gasteiger partial charge in [-0.25, -0.2) is 5.43 Å². The van der Waals surface area contributed by atoms with Gasteiger partial charge in [0, 0.05) is 10.7 Å². The standard InChI is InChI=1S/C24H22ClN3O4/c1-16-6-8-17(9-7-16)15-32-21-11-10-18(12-22(21)31-2)14-26-28-24(30)23(29)27-20-5-3-4-19(25)13-20/h3-14H,15H2,1-2H3,(H,27,29)(H,28,30). The van der Waals surface area contributed by atoms with Crippen LogP contribution >= 0.6 is 11.6 Å². The maximum Gasteiger partial charge on any atom is 0.329 e. The van der Waals surface area contributed by atoms with Crippen LogP contribution in [0.25, 0.3) is 0 Å². The summed E-state index contributed by atoms with van der Waals surface area (Å²) in [6.45, 7) is 2.43. The van der Waals surface area contributed by atoms with E-state index in [1.807, 2.05) is 31.2 Å². The summed E-state index contributed by atoms with van der Waals surface area (Å²) >= 11 is 5.86. The molecule has 0 atom stereocenters. The zero-order valence-electron chi connectivity index (χ0n) is 17.6. The van der Waals surface area contributed by atoms with Gasteiger partial charge in [0.15, 0.2) is 11.5 Å². The van der Waals surface area contributed by atoms with Crippen LogP contribution in [0.5, 0.6) is 11.5 Å². The van der Waals surface area contributed by atoms with Crippen molar-refractivity contribution in [2.75, 3.05) is 12.4 Å². The molecular weight excluding hydrogens is 430 g/mol. The van der Waals surface area contributed by atoms with Crippen molar-refractivity contribution < 1.29 is 19.1 Å². The highest BCUT2D eigenvalue weighted by molar-refractivity contribution is 6.39. The van der Waals surface area contributed by atoms with Gasteiger partial charge in [-0.15, -0.1) is 0 Å². The van der Waals surface area contributed by atoms with Crippen molar-refractivity contribution in [3.8, 4) is 11.5 Å². The van der Waals surface area contributed by atoms with Crippen LogP contribution < -0.4 is 20.2 Å². The summed E-state index contributed by atoms with van der Waals surface area (Å²) < 4.78 is 11.2. The Hall–Kier alpha value is -3.84. The second-order valence-corrected chi connectivity index (χ2v) is 7.28. The van der Waals surface area contributed by atoms with E-state index in [0.717, 1.165) is 5.56 Å². The number of carbonyl (C=O) groups is 2. The average molecular weight is 452 g/mol. The molecule has 0 bridgehead atoms. The van der Waals surface area contributed by atoms with Crippen LogP contribution in [-0.2, 0) is 16.2 Å². The van der Waals surface area contributed by atoms with Crippen LogP contribution in [0, 0.1) is 6.92 Å². The molecule has 3 rings (SSSR count). The third-order valence-corrected chi connectivity index (χ3v) is 4.61. The first kappa shape index (κ1) is 22.8. The van der Waals surface area contributed by atoms with Crippen LogP contribution in [0.2, 0.25) is 5.02 Å². The average Bonchev–Trinajstić information content (AvgIpc) is 2.79. The number of amides is 2. The summed E-state index contributed by atoms with van der Waals surface area (Å²) in [5, 5.41) is 6.71. The topological polar surface area (TPSA) is 89.0 Å². The second kappa shape index (κ2) is 11.0. The molecule has 0 heterocycles. The van der Waals surface area contributed by atoms with Crippen molar-refractivity contribution in [3.63, 3.8) is 0 Å². The van der Waals surface area contributed by atoms with Gasteiger partial charge in [-0.3, -0.25) is 9.59 Å². The minimum absolute atomic E-state index is 0.405. The van der Waals surface area contributed by atoms with Crippen molar-refractivity contribution in [2.24, 2.45) is 5.10 Å². The smallest absolute Gasteiger partial charge is 0.329 e. The first-order valence-electron chi connectivity index (χ1n) is 9.71. The summed E-state index contributed by atoms with van der Waals surface area (Å²) in [6, 6.07) is 19.8.